The van der Waals surface area contributed by atoms with Crippen LogP contribution in [0.5, 0.6) is 5.75 Å². The van der Waals surface area contributed by atoms with Crippen LogP contribution in [0.4, 0.5) is 5.69 Å². The summed E-state index contributed by atoms with van der Waals surface area (Å²) in [7, 11) is 0. The zero-order chi connectivity index (χ0) is 17.6. The summed E-state index contributed by atoms with van der Waals surface area (Å²) in [6.07, 6.45) is 4.82. The zero-order valence-corrected chi connectivity index (χ0v) is 15.4. The quantitative estimate of drug-likeness (QED) is 0.780. The van der Waals surface area contributed by atoms with Gasteiger partial charge in [0.2, 0.25) is 0 Å². The van der Waals surface area contributed by atoms with Crippen molar-refractivity contribution in [1.29, 1.82) is 0 Å². The third-order valence-corrected chi connectivity index (χ3v) is 4.94. The fourth-order valence-electron chi connectivity index (χ4n) is 3.12. The molecule has 1 aromatic rings. The minimum atomic E-state index is -0.673. The van der Waals surface area contributed by atoms with Crippen molar-refractivity contribution in [3.8, 4) is 5.75 Å². The van der Waals surface area contributed by atoms with E-state index in [0.717, 1.165) is 43.5 Å². The number of carbonyl (C=O) groups is 1. The fourth-order valence-corrected chi connectivity index (χ4v) is 3.12. The van der Waals surface area contributed by atoms with Crippen molar-refractivity contribution in [2.24, 2.45) is 5.92 Å². The van der Waals surface area contributed by atoms with Gasteiger partial charge in [0.25, 0.3) is 5.91 Å². The Morgan fingerprint density at radius 3 is 2.42 bits per heavy atom. The van der Waals surface area contributed by atoms with Crippen molar-refractivity contribution >= 4 is 11.6 Å². The predicted molar refractivity (Wildman–Crippen MR) is 97.4 cm³/mol. The van der Waals surface area contributed by atoms with E-state index in [1.165, 1.54) is 0 Å². The first-order valence-corrected chi connectivity index (χ1v) is 9.21. The first-order chi connectivity index (χ1) is 11.5. The van der Waals surface area contributed by atoms with Gasteiger partial charge in [-0.15, -0.1) is 0 Å². The largest absolute Gasteiger partial charge is 0.491 e. The molecule has 1 aliphatic carbocycles. The maximum atomic E-state index is 12.8. The van der Waals surface area contributed by atoms with Crippen molar-refractivity contribution < 1.29 is 14.3 Å². The van der Waals surface area contributed by atoms with Gasteiger partial charge in [-0.3, -0.25) is 4.79 Å². The van der Waals surface area contributed by atoms with Gasteiger partial charge in [0.1, 0.15) is 11.4 Å². The minimum absolute atomic E-state index is 0.0214. The van der Waals surface area contributed by atoms with Crippen molar-refractivity contribution in [2.75, 3.05) is 11.9 Å². The van der Waals surface area contributed by atoms with Crippen LogP contribution in [-0.2, 0) is 9.53 Å². The van der Waals surface area contributed by atoms with Crippen LogP contribution in [0.15, 0.2) is 24.3 Å². The Morgan fingerprint density at radius 2 is 1.88 bits per heavy atom. The molecule has 24 heavy (non-hydrogen) atoms. The number of benzene rings is 1. The van der Waals surface area contributed by atoms with Crippen molar-refractivity contribution in [3.63, 3.8) is 0 Å². The summed E-state index contributed by atoms with van der Waals surface area (Å²) in [6.45, 7) is 8.89. The molecule has 0 radical (unpaired) electrons. The molecule has 1 atom stereocenters. The molecular weight excluding hydrogens is 302 g/mol. The van der Waals surface area contributed by atoms with Gasteiger partial charge in [0.05, 0.1) is 6.10 Å². The monoisotopic (exact) mass is 333 g/mol. The van der Waals surface area contributed by atoms with E-state index in [1.54, 1.807) is 0 Å². The molecule has 0 spiro atoms. The maximum Gasteiger partial charge on any atom is 0.256 e. The third-order valence-electron chi connectivity index (χ3n) is 4.94. The number of hydrogen-bond acceptors (Lipinski definition) is 3. The lowest BCUT2D eigenvalue weighted by molar-refractivity contribution is -0.146. The fraction of sp³-hybridized carbons (Fsp3) is 0.650. The van der Waals surface area contributed by atoms with Crippen LogP contribution < -0.4 is 10.1 Å². The third kappa shape index (κ3) is 4.73. The highest BCUT2D eigenvalue weighted by molar-refractivity contribution is 5.97. The average Bonchev–Trinajstić information content (AvgIpc) is 2.59. The lowest BCUT2D eigenvalue weighted by Gasteiger charge is -2.37. The number of amides is 1. The molecule has 0 heterocycles. The Bertz CT molecular complexity index is 518. The molecule has 1 amide bonds. The van der Waals surface area contributed by atoms with Crippen molar-refractivity contribution in [1.82, 2.24) is 0 Å². The molecule has 0 unspecified atom stereocenters. The van der Waals surface area contributed by atoms with Crippen LogP contribution in [0.2, 0.25) is 0 Å². The van der Waals surface area contributed by atoms with E-state index >= 15 is 0 Å². The lowest BCUT2D eigenvalue weighted by atomic mass is 9.78. The molecule has 1 aliphatic rings. The molecule has 1 fully saturated rings. The van der Waals surface area contributed by atoms with Gasteiger partial charge in [-0.2, -0.15) is 0 Å². The van der Waals surface area contributed by atoms with E-state index < -0.39 is 5.60 Å². The zero-order valence-electron chi connectivity index (χ0n) is 15.4. The Labute approximate surface area is 145 Å². The highest BCUT2D eigenvalue weighted by Gasteiger charge is 2.41. The molecule has 1 N–H and O–H groups in total. The summed E-state index contributed by atoms with van der Waals surface area (Å²) >= 11 is 0. The summed E-state index contributed by atoms with van der Waals surface area (Å²) < 4.78 is 11.7. The molecule has 1 aromatic carbocycles. The Morgan fingerprint density at radius 1 is 1.25 bits per heavy atom. The van der Waals surface area contributed by atoms with Gasteiger partial charge in [0, 0.05) is 12.3 Å². The van der Waals surface area contributed by atoms with E-state index in [0.29, 0.717) is 12.5 Å². The normalized spacial score (nSPS) is 25.1. The number of nitrogens with one attached hydrogen (secondary N) is 1. The smallest absolute Gasteiger partial charge is 0.256 e. The van der Waals surface area contributed by atoms with Gasteiger partial charge in [-0.1, -0.05) is 13.8 Å². The Balaban J connectivity index is 2.01. The number of rotatable bonds is 7. The minimum Gasteiger partial charge on any atom is -0.491 e. The topological polar surface area (TPSA) is 47.6 Å². The van der Waals surface area contributed by atoms with E-state index in [1.807, 2.05) is 38.1 Å². The van der Waals surface area contributed by atoms with Gasteiger partial charge in [-0.25, -0.2) is 0 Å². The molecule has 134 valence electrons. The molecule has 0 saturated heterocycles. The predicted octanol–water partition coefficient (Wildman–Crippen LogP) is 4.79. The van der Waals surface area contributed by atoms with Crippen LogP contribution in [0, 0.1) is 5.92 Å². The first kappa shape index (κ1) is 18.8. The number of carbonyl (C=O) groups excluding carboxylic acids is 1. The molecule has 4 heteroatoms. The second kappa shape index (κ2) is 8.52. The van der Waals surface area contributed by atoms with E-state index in [9.17, 15) is 4.79 Å². The van der Waals surface area contributed by atoms with E-state index in [4.69, 9.17) is 9.47 Å². The second-order valence-corrected chi connectivity index (χ2v) is 6.93. The number of anilines is 1. The lowest BCUT2D eigenvalue weighted by Crippen LogP contribution is -2.48. The van der Waals surface area contributed by atoms with E-state index in [2.05, 4.69) is 19.2 Å². The SMILES string of the molecule is CCOC1(C(=O)Nc2ccc(O[C@H](C)CC)cc2)CCC(C)CC1. The first-order valence-electron chi connectivity index (χ1n) is 9.21. The summed E-state index contributed by atoms with van der Waals surface area (Å²) in [5, 5.41) is 3.03. The van der Waals surface area contributed by atoms with Crippen molar-refractivity contribution in [3.05, 3.63) is 24.3 Å². The number of ether oxygens (including phenoxy) is 2. The Hall–Kier alpha value is -1.55. The highest BCUT2D eigenvalue weighted by atomic mass is 16.5. The molecule has 1 saturated carbocycles. The summed E-state index contributed by atoms with van der Waals surface area (Å²) in [6, 6.07) is 7.58. The molecule has 2 rings (SSSR count). The summed E-state index contributed by atoms with van der Waals surface area (Å²) in [5.41, 5.74) is 0.113. The van der Waals surface area contributed by atoms with Gasteiger partial charge >= 0.3 is 0 Å². The maximum absolute atomic E-state index is 12.8. The molecule has 4 nitrogen and oxygen atoms in total. The standard InChI is InChI=1S/C20H31NO3/c1-5-16(4)24-18-9-7-17(8-10-18)21-19(22)20(23-6-2)13-11-15(3)12-14-20/h7-10,15-16H,5-6,11-14H2,1-4H3,(H,21,22)/t15?,16-,20?/m1/s1. The van der Waals surface area contributed by atoms with Crippen molar-refractivity contribution in [2.45, 2.75) is 71.5 Å². The van der Waals surface area contributed by atoms with Crippen LogP contribution in [0.25, 0.3) is 0 Å². The average molecular weight is 333 g/mol. The molecule has 0 aromatic heterocycles. The van der Waals surface area contributed by atoms with Crippen LogP contribution in [0.1, 0.15) is 59.8 Å². The van der Waals surface area contributed by atoms with Crippen LogP contribution in [-0.4, -0.2) is 24.2 Å². The van der Waals surface area contributed by atoms with Gasteiger partial charge in [-0.05, 0) is 76.1 Å². The second-order valence-electron chi connectivity index (χ2n) is 6.93. The summed E-state index contributed by atoms with van der Waals surface area (Å²) in [4.78, 5) is 12.8. The van der Waals surface area contributed by atoms with Crippen LogP contribution in [0.3, 0.4) is 0 Å². The summed E-state index contributed by atoms with van der Waals surface area (Å²) in [5.74, 6) is 1.48. The number of hydrogen-bond donors (Lipinski definition) is 1. The van der Waals surface area contributed by atoms with Gasteiger partial charge < -0.3 is 14.8 Å². The van der Waals surface area contributed by atoms with Crippen LogP contribution >= 0.6 is 0 Å². The van der Waals surface area contributed by atoms with E-state index in [-0.39, 0.29) is 12.0 Å². The highest BCUT2D eigenvalue weighted by Crippen LogP contribution is 2.36. The van der Waals surface area contributed by atoms with Gasteiger partial charge in [0.15, 0.2) is 0 Å². The molecular formula is C20H31NO3. The molecule has 0 aliphatic heterocycles. The Kier molecular flexibility index (Phi) is 6.67. The molecule has 0 bridgehead atoms.